The Labute approximate surface area is 167 Å². The van der Waals surface area contributed by atoms with Gasteiger partial charge in [-0.05, 0) is 22.6 Å². The highest BCUT2D eigenvalue weighted by Gasteiger charge is 2.18. The van der Waals surface area contributed by atoms with Crippen molar-refractivity contribution in [1.82, 2.24) is 24.6 Å². The molecule has 2 N–H and O–H groups in total. The number of pyridine rings is 1. The lowest BCUT2D eigenvalue weighted by Gasteiger charge is -2.06. The van der Waals surface area contributed by atoms with Crippen molar-refractivity contribution < 1.29 is 9.13 Å². The van der Waals surface area contributed by atoms with Gasteiger partial charge in [0, 0.05) is 11.6 Å². The highest BCUT2D eigenvalue weighted by Crippen LogP contribution is 2.27. The molecule has 4 rings (SSSR count). The van der Waals surface area contributed by atoms with Gasteiger partial charge in [0.15, 0.2) is 11.5 Å². The molecule has 0 saturated carbocycles. The van der Waals surface area contributed by atoms with Gasteiger partial charge in [-0.2, -0.15) is 4.52 Å². The van der Waals surface area contributed by atoms with E-state index >= 15 is 0 Å². The van der Waals surface area contributed by atoms with Crippen LogP contribution < -0.4 is 10.5 Å². The number of aromatic nitrogens is 5. The van der Waals surface area contributed by atoms with E-state index in [1.54, 1.807) is 0 Å². The molecule has 7 nitrogen and oxygen atoms in total. The van der Waals surface area contributed by atoms with E-state index in [0.717, 1.165) is 14.8 Å². The number of anilines is 1. The van der Waals surface area contributed by atoms with Crippen LogP contribution in [-0.2, 0) is 6.42 Å². The number of halogens is 2. The summed E-state index contributed by atoms with van der Waals surface area (Å²) in [6.45, 7) is 0. The summed E-state index contributed by atoms with van der Waals surface area (Å²) < 4.78 is 21.4. The Morgan fingerprint density at radius 3 is 2.70 bits per heavy atom. The number of rotatable bonds is 4. The molecule has 0 radical (unpaired) electrons. The number of nitrogen functional groups attached to an aromatic ring is 1. The molecule has 0 amide bonds. The van der Waals surface area contributed by atoms with Crippen molar-refractivity contribution in [3.63, 3.8) is 0 Å². The third-order valence-corrected chi connectivity index (χ3v) is 4.99. The first-order valence-corrected chi connectivity index (χ1v) is 9.09. The van der Waals surface area contributed by atoms with E-state index in [9.17, 15) is 4.39 Å². The maximum atomic E-state index is 14.2. The average Bonchev–Trinajstić information content (AvgIpc) is 3.12. The van der Waals surface area contributed by atoms with Crippen LogP contribution in [0, 0.1) is 9.39 Å². The van der Waals surface area contributed by atoms with E-state index in [-0.39, 0.29) is 18.1 Å². The third-order valence-electron chi connectivity index (χ3n) is 4.00. The first-order chi connectivity index (χ1) is 13.1. The number of fused-ring (bicyclic) bond motifs is 1. The summed E-state index contributed by atoms with van der Waals surface area (Å²) in [6, 6.07) is 11.0. The molecule has 0 fully saturated rings. The van der Waals surface area contributed by atoms with Crippen LogP contribution in [0.2, 0.25) is 0 Å². The molecule has 0 spiro atoms. The van der Waals surface area contributed by atoms with E-state index in [0.29, 0.717) is 17.2 Å². The predicted octanol–water partition coefficient (Wildman–Crippen LogP) is 3.11. The zero-order valence-electron chi connectivity index (χ0n) is 14.2. The van der Waals surface area contributed by atoms with Crippen molar-refractivity contribution in [3.8, 4) is 17.0 Å². The molecular weight excluding hydrogens is 462 g/mol. The van der Waals surface area contributed by atoms with Gasteiger partial charge in [0.1, 0.15) is 11.6 Å². The number of methoxy groups -OCH3 is 1. The monoisotopic (exact) mass is 476 g/mol. The van der Waals surface area contributed by atoms with E-state index in [1.165, 1.54) is 23.9 Å². The molecule has 27 heavy (non-hydrogen) atoms. The quantitative estimate of drug-likeness (QED) is 0.456. The minimum absolute atomic E-state index is 0.133. The largest absolute Gasteiger partial charge is 0.495 e. The van der Waals surface area contributed by atoms with Crippen LogP contribution in [0.15, 0.2) is 42.6 Å². The van der Waals surface area contributed by atoms with Gasteiger partial charge >= 0.3 is 0 Å². The summed E-state index contributed by atoms with van der Waals surface area (Å²) in [5.74, 6) is 0.503. The number of nitrogens with zero attached hydrogens (tertiary/aromatic N) is 5. The van der Waals surface area contributed by atoms with E-state index in [2.05, 4.69) is 42.6 Å². The molecule has 3 heterocycles. The molecule has 3 aromatic heterocycles. The van der Waals surface area contributed by atoms with Gasteiger partial charge in [-0.25, -0.2) is 14.4 Å². The van der Waals surface area contributed by atoms with E-state index in [1.807, 2.05) is 30.3 Å². The maximum Gasteiger partial charge on any atom is 0.223 e. The fraction of sp³-hybridized carbons (Fsp3) is 0.111. The van der Waals surface area contributed by atoms with Crippen LogP contribution in [0.3, 0.4) is 0 Å². The number of hydrogen-bond acceptors (Lipinski definition) is 6. The molecular formula is C18H14FIN6O. The summed E-state index contributed by atoms with van der Waals surface area (Å²) >= 11 is 2.17. The van der Waals surface area contributed by atoms with Crippen molar-refractivity contribution in [1.29, 1.82) is 0 Å². The van der Waals surface area contributed by atoms with Crippen molar-refractivity contribution in [2.75, 3.05) is 12.8 Å². The van der Waals surface area contributed by atoms with Gasteiger partial charge in [0.25, 0.3) is 0 Å². The summed E-state index contributed by atoms with van der Waals surface area (Å²) in [6.07, 6.45) is 1.59. The van der Waals surface area contributed by atoms with Crippen molar-refractivity contribution in [2.45, 2.75) is 6.42 Å². The van der Waals surface area contributed by atoms with Crippen LogP contribution >= 0.6 is 22.6 Å². The molecule has 0 saturated heterocycles. The Bertz CT molecular complexity index is 1130. The molecule has 1 aromatic carbocycles. The number of ether oxygens (including phenoxy) is 1. The molecule has 136 valence electrons. The fourth-order valence-electron chi connectivity index (χ4n) is 2.68. The second-order valence-electron chi connectivity index (χ2n) is 5.74. The Morgan fingerprint density at radius 2 is 2.00 bits per heavy atom. The number of nitrogens with two attached hydrogens (primary N) is 1. The van der Waals surface area contributed by atoms with Crippen LogP contribution in [-0.4, -0.2) is 31.7 Å². The van der Waals surface area contributed by atoms with Crippen molar-refractivity contribution in [2.24, 2.45) is 0 Å². The molecule has 0 bridgehead atoms. The highest BCUT2D eigenvalue weighted by molar-refractivity contribution is 14.1. The van der Waals surface area contributed by atoms with E-state index < -0.39 is 5.82 Å². The van der Waals surface area contributed by atoms with Crippen LogP contribution in [0.1, 0.15) is 11.5 Å². The first kappa shape index (κ1) is 17.6. The lowest BCUT2D eigenvalue weighted by atomic mass is 10.1. The topological polar surface area (TPSA) is 91.2 Å². The van der Waals surface area contributed by atoms with Crippen LogP contribution in [0.5, 0.6) is 5.75 Å². The van der Waals surface area contributed by atoms with Crippen LogP contribution in [0.25, 0.3) is 16.9 Å². The predicted molar refractivity (Wildman–Crippen MR) is 107 cm³/mol. The van der Waals surface area contributed by atoms with Gasteiger partial charge in [0.05, 0.1) is 34.7 Å². The Hall–Kier alpha value is -2.82. The minimum Gasteiger partial charge on any atom is -0.495 e. The maximum absolute atomic E-state index is 14.2. The second-order valence-corrected chi connectivity index (χ2v) is 6.82. The van der Waals surface area contributed by atoms with Gasteiger partial charge in [0.2, 0.25) is 5.95 Å². The SMILES string of the molecule is COc1cnc(Cc2nc3c(I)c(-c4ccccc4)nc(N)n3n2)c(F)c1. The molecule has 4 aromatic rings. The normalized spacial score (nSPS) is 11.1. The fourth-order valence-corrected chi connectivity index (χ4v) is 3.46. The van der Waals surface area contributed by atoms with Crippen LogP contribution in [0.4, 0.5) is 10.3 Å². The van der Waals surface area contributed by atoms with Gasteiger partial charge < -0.3 is 10.5 Å². The molecule has 0 unspecified atom stereocenters. The van der Waals surface area contributed by atoms with Gasteiger partial charge in [-0.3, -0.25) is 4.98 Å². The van der Waals surface area contributed by atoms with E-state index in [4.69, 9.17) is 10.5 Å². The Balaban J connectivity index is 1.76. The molecule has 0 atom stereocenters. The first-order valence-electron chi connectivity index (χ1n) is 8.01. The average molecular weight is 476 g/mol. The van der Waals surface area contributed by atoms with Crippen molar-refractivity contribution in [3.05, 3.63) is 63.5 Å². The Kier molecular flexibility index (Phi) is 4.60. The minimum atomic E-state index is -0.473. The van der Waals surface area contributed by atoms with Crippen molar-refractivity contribution >= 4 is 34.2 Å². The lowest BCUT2D eigenvalue weighted by molar-refractivity contribution is 0.408. The highest BCUT2D eigenvalue weighted by atomic mass is 127. The van der Waals surface area contributed by atoms with Gasteiger partial charge in [-0.15, -0.1) is 5.10 Å². The summed E-state index contributed by atoms with van der Waals surface area (Å²) in [4.78, 5) is 13.1. The molecule has 9 heteroatoms. The zero-order valence-corrected chi connectivity index (χ0v) is 16.4. The summed E-state index contributed by atoms with van der Waals surface area (Å²) in [5, 5.41) is 4.36. The molecule has 0 aliphatic rings. The summed E-state index contributed by atoms with van der Waals surface area (Å²) in [7, 11) is 1.46. The molecule has 0 aliphatic carbocycles. The Morgan fingerprint density at radius 1 is 1.22 bits per heavy atom. The second kappa shape index (κ2) is 7.06. The summed E-state index contributed by atoms with van der Waals surface area (Å²) in [5.41, 5.74) is 8.55. The lowest BCUT2D eigenvalue weighted by Crippen LogP contribution is -2.06. The number of hydrogen-bond donors (Lipinski definition) is 1. The smallest absolute Gasteiger partial charge is 0.223 e. The van der Waals surface area contributed by atoms with Gasteiger partial charge in [-0.1, -0.05) is 30.3 Å². The third kappa shape index (κ3) is 3.29. The molecule has 0 aliphatic heterocycles. The number of benzene rings is 1. The standard InChI is InChI=1S/C18H14FIN6O/c1-27-11-7-12(19)13(22-9-11)8-14-23-17-15(20)16(10-5-3-2-4-6-10)24-18(21)26(17)25-14/h2-7,9H,8H2,1H3,(H2,21,24). The zero-order chi connectivity index (χ0) is 19.0.